The highest BCUT2D eigenvalue weighted by Gasteiger charge is 2.10. The normalized spacial score (nSPS) is 12.5. The molecule has 0 aliphatic rings. The van der Waals surface area contributed by atoms with Gasteiger partial charge in [-0.15, -0.1) is 0 Å². The smallest absolute Gasteiger partial charge is 0.332 e. The average Bonchev–Trinajstić information content (AvgIpc) is 2.53. The quantitative estimate of drug-likeness (QED) is 0.341. The van der Waals surface area contributed by atoms with E-state index in [2.05, 4.69) is 13.8 Å². The first-order valence-electron chi connectivity index (χ1n) is 7.75. The maximum absolute atomic E-state index is 11.9. The number of nitrogens with two attached hydrogens (primary N) is 1. The van der Waals surface area contributed by atoms with Gasteiger partial charge in [-0.3, -0.25) is 0 Å². The second kappa shape index (κ2) is 9.62. The van der Waals surface area contributed by atoms with Crippen molar-refractivity contribution in [2.45, 2.75) is 39.5 Å². The number of hydrogen-bond acceptors (Lipinski definition) is 4. The number of nitrogen functional groups attached to an aromatic ring is 1. The topological polar surface area (TPSA) is 76.1 Å². The third-order valence-electron chi connectivity index (χ3n) is 3.61. The first-order valence-corrected chi connectivity index (χ1v) is 7.75. The van der Waals surface area contributed by atoms with Gasteiger partial charge in [0.25, 0.3) is 0 Å². The highest BCUT2D eigenvalue weighted by molar-refractivity contribution is 5.95. The zero-order valence-corrected chi connectivity index (χ0v) is 13.3. The molecular weight excluding hydrogens is 276 g/mol. The summed E-state index contributed by atoms with van der Waals surface area (Å²) in [6.07, 6.45) is 5.58. The Bertz CT molecular complexity index is 541. The molecule has 4 heteroatoms. The van der Waals surface area contributed by atoms with Gasteiger partial charge in [-0.05, 0) is 30.0 Å². The van der Waals surface area contributed by atoms with Crippen molar-refractivity contribution < 1.29 is 9.53 Å². The van der Waals surface area contributed by atoms with Crippen LogP contribution in [0, 0.1) is 17.2 Å². The second-order valence-corrected chi connectivity index (χ2v) is 5.34. The molecule has 1 aromatic rings. The maximum Gasteiger partial charge on any atom is 0.332 e. The number of allylic oxidation sites excluding steroid dienone is 1. The van der Waals surface area contributed by atoms with Gasteiger partial charge in [0.15, 0.2) is 0 Å². The highest BCUT2D eigenvalue weighted by atomic mass is 16.5. The lowest BCUT2D eigenvalue weighted by molar-refractivity contribution is -0.139. The molecule has 4 nitrogen and oxygen atoms in total. The largest absolute Gasteiger partial charge is 0.462 e. The zero-order chi connectivity index (χ0) is 16.4. The van der Waals surface area contributed by atoms with E-state index in [1.165, 1.54) is 6.08 Å². The Kier molecular flexibility index (Phi) is 7.77. The van der Waals surface area contributed by atoms with Crippen molar-refractivity contribution in [1.82, 2.24) is 0 Å². The van der Waals surface area contributed by atoms with Crippen LogP contribution in [-0.2, 0) is 9.53 Å². The Balaban J connectivity index is 2.63. The van der Waals surface area contributed by atoms with Crippen LogP contribution in [0.3, 0.4) is 0 Å². The van der Waals surface area contributed by atoms with E-state index in [9.17, 15) is 10.1 Å². The van der Waals surface area contributed by atoms with Crippen LogP contribution in [0.2, 0.25) is 0 Å². The summed E-state index contributed by atoms with van der Waals surface area (Å²) in [4.78, 5) is 11.9. The summed E-state index contributed by atoms with van der Waals surface area (Å²) >= 11 is 0. The van der Waals surface area contributed by atoms with Gasteiger partial charge in [0, 0.05) is 11.8 Å². The van der Waals surface area contributed by atoms with Gasteiger partial charge >= 0.3 is 5.97 Å². The first-order chi connectivity index (χ1) is 10.6. The predicted molar refractivity (Wildman–Crippen MR) is 88.7 cm³/mol. The number of hydrogen-bond donors (Lipinski definition) is 1. The van der Waals surface area contributed by atoms with Crippen molar-refractivity contribution >= 4 is 17.2 Å². The van der Waals surface area contributed by atoms with E-state index in [1.807, 2.05) is 6.07 Å². The average molecular weight is 300 g/mol. The number of nitriles is 1. The summed E-state index contributed by atoms with van der Waals surface area (Å²) in [6, 6.07) is 8.85. The Morgan fingerprint density at radius 3 is 2.59 bits per heavy atom. The highest BCUT2D eigenvalue weighted by Crippen LogP contribution is 2.16. The lowest BCUT2D eigenvalue weighted by atomic mass is 10.0. The number of anilines is 1. The molecule has 0 spiro atoms. The summed E-state index contributed by atoms with van der Waals surface area (Å²) in [5.41, 5.74) is 7.17. The van der Waals surface area contributed by atoms with Crippen LogP contribution >= 0.6 is 0 Å². The number of carbonyl (C=O) groups is 1. The first kappa shape index (κ1) is 17.8. The van der Waals surface area contributed by atoms with Gasteiger partial charge in [-0.2, -0.15) is 5.26 Å². The molecule has 0 bridgehead atoms. The molecule has 0 fully saturated rings. The van der Waals surface area contributed by atoms with Crippen LogP contribution in [0.15, 0.2) is 30.3 Å². The van der Waals surface area contributed by atoms with Crippen molar-refractivity contribution in [3.63, 3.8) is 0 Å². The summed E-state index contributed by atoms with van der Waals surface area (Å²) in [5, 5.41) is 9.18. The van der Waals surface area contributed by atoms with Crippen LogP contribution in [0.4, 0.5) is 5.69 Å². The van der Waals surface area contributed by atoms with Gasteiger partial charge in [0.1, 0.15) is 6.07 Å². The molecule has 0 aliphatic heterocycles. The van der Waals surface area contributed by atoms with Gasteiger partial charge in [-0.25, -0.2) is 4.79 Å². The maximum atomic E-state index is 11.9. The molecule has 118 valence electrons. The Morgan fingerprint density at radius 1 is 1.36 bits per heavy atom. The minimum absolute atomic E-state index is 0.284. The van der Waals surface area contributed by atoms with Crippen LogP contribution in [-0.4, -0.2) is 12.6 Å². The number of carbonyl (C=O) groups excluding carboxylic acids is 1. The van der Waals surface area contributed by atoms with E-state index >= 15 is 0 Å². The van der Waals surface area contributed by atoms with Gasteiger partial charge < -0.3 is 10.5 Å². The van der Waals surface area contributed by atoms with E-state index < -0.39 is 5.97 Å². The number of benzene rings is 1. The summed E-state index contributed by atoms with van der Waals surface area (Å²) < 4.78 is 5.28. The molecule has 0 aromatic heterocycles. The Hall–Kier alpha value is -2.28. The molecule has 2 N–H and O–H groups in total. The van der Waals surface area contributed by atoms with Gasteiger partial charge in [-0.1, -0.05) is 45.2 Å². The number of nitrogens with zero attached hydrogens (tertiary/aromatic N) is 1. The van der Waals surface area contributed by atoms with E-state index in [1.54, 1.807) is 24.3 Å². The lowest BCUT2D eigenvalue weighted by Gasteiger charge is -2.13. The number of rotatable bonds is 8. The van der Waals surface area contributed by atoms with Crippen molar-refractivity contribution in [3.8, 4) is 6.07 Å². The molecule has 0 radical (unpaired) electrons. The second-order valence-electron chi connectivity index (χ2n) is 5.34. The number of unbranched alkanes of at least 4 members (excludes halogenated alkanes) is 1. The fraction of sp³-hybridized carbons (Fsp3) is 0.444. The minimum Gasteiger partial charge on any atom is -0.462 e. The van der Waals surface area contributed by atoms with Crippen LogP contribution in [0.25, 0.3) is 5.57 Å². The van der Waals surface area contributed by atoms with Crippen LogP contribution in [0.5, 0.6) is 0 Å². The monoisotopic (exact) mass is 300 g/mol. The number of esters is 1. The van der Waals surface area contributed by atoms with E-state index in [0.717, 1.165) is 25.7 Å². The van der Waals surface area contributed by atoms with Crippen LogP contribution in [0.1, 0.15) is 45.1 Å². The zero-order valence-electron chi connectivity index (χ0n) is 13.3. The Labute approximate surface area is 132 Å². The summed E-state index contributed by atoms with van der Waals surface area (Å²) in [6.45, 7) is 4.65. The molecule has 1 unspecified atom stereocenters. The Morgan fingerprint density at radius 2 is 2.05 bits per heavy atom. The van der Waals surface area contributed by atoms with Crippen molar-refractivity contribution in [3.05, 3.63) is 35.9 Å². The molecule has 0 saturated carbocycles. The molecule has 0 amide bonds. The summed E-state index contributed by atoms with van der Waals surface area (Å²) in [5.74, 6) is -0.0808. The molecule has 1 atom stereocenters. The number of ether oxygens (including phenoxy) is 1. The fourth-order valence-corrected chi connectivity index (χ4v) is 2.10. The van der Waals surface area contributed by atoms with E-state index in [0.29, 0.717) is 23.8 Å². The minimum atomic E-state index is -0.469. The third kappa shape index (κ3) is 6.01. The van der Waals surface area contributed by atoms with E-state index in [4.69, 9.17) is 10.5 Å². The SMILES string of the molecule is CCCCC(CC)COC(=O)C=C(C#N)c1ccc(N)cc1. The lowest BCUT2D eigenvalue weighted by Crippen LogP contribution is -2.12. The van der Waals surface area contributed by atoms with Gasteiger partial charge in [0.2, 0.25) is 0 Å². The van der Waals surface area contributed by atoms with Crippen molar-refractivity contribution in [2.75, 3.05) is 12.3 Å². The molecular formula is C18H24N2O2. The molecule has 0 aliphatic carbocycles. The van der Waals surface area contributed by atoms with E-state index in [-0.39, 0.29) is 5.57 Å². The predicted octanol–water partition coefficient (Wildman–Crippen LogP) is 3.94. The molecule has 0 heterocycles. The fourth-order valence-electron chi connectivity index (χ4n) is 2.10. The standard InChI is InChI=1S/C18H24N2O2/c1-3-5-6-14(4-2)13-22-18(21)11-16(12-19)15-7-9-17(20)10-8-15/h7-11,14H,3-6,13,20H2,1-2H3. The molecule has 1 rings (SSSR count). The summed E-state index contributed by atoms with van der Waals surface area (Å²) in [7, 11) is 0. The molecule has 22 heavy (non-hydrogen) atoms. The molecule has 0 saturated heterocycles. The van der Waals surface area contributed by atoms with Crippen molar-refractivity contribution in [1.29, 1.82) is 5.26 Å². The third-order valence-corrected chi connectivity index (χ3v) is 3.61. The molecule has 1 aromatic carbocycles. The van der Waals surface area contributed by atoms with Crippen molar-refractivity contribution in [2.24, 2.45) is 5.92 Å². The van der Waals surface area contributed by atoms with Crippen LogP contribution < -0.4 is 5.73 Å². The van der Waals surface area contributed by atoms with Gasteiger partial charge in [0.05, 0.1) is 12.2 Å².